The minimum atomic E-state index is -0.0320. The van der Waals surface area contributed by atoms with E-state index in [2.05, 4.69) is 41.0 Å². The van der Waals surface area contributed by atoms with Crippen LogP contribution in [-0.4, -0.2) is 0 Å². The summed E-state index contributed by atoms with van der Waals surface area (Å²) < 4.78 is 0. The van der Waals surface area contributed by atoms with Crippen LogP contribution in [-0.2, 0) is 0 Å². The van der Waals surface area contributed by atoms with Crippen LogP contribution in [0.25, 0.3) is 6.08 Å². The van der Waals surface area contributed by atoms with Crippen molar-refractivity contribution in [1.82, 2.24) is 5.32 Å². The molecular weight excluding hydrogens is 303 g/mol. The maximum atomic E-state index is 6.36. The average molecular weight is 317 g/mol. The summed E-state index contributed by atoms with van der Waals surface area (Å²) in [5.74, 6) is 0. The summed E-state index contributed by atoms with van der Waals surface area (Å²) in [5, 5.41) is 8.35. The second-order valence-electron chi connectivity index (χ2n) is 5.39. The molecule has 2 aliphatic rings. The highest BCUT2D eigenvalue weighted by molar-refractivity contribution is 6.42. The second-order valence-corrected chi connectivity index (χ2v) is 6.17. The molecule has 0 fully saturated rings. The molecule has 4 rings (SSSR count). The summed E-state index contributed by atoms with van der Waals surface area (Å²) in [6, 6.07) is 12.4. The van der Waals surface area contributed by atoms with Gasteiger partial charge in [0.25, 0.3) is 0 Å². The molecular formula is C17H14Cl2N2. The van der Waals surface area contributed by atoms with Crippen LogP contribution in [0.5, 0.6) is 0 Å². The zero-order chi connectivity index (χ0) is 14.4. The fraction of sp³-hybridized carbons (Fsp3) is 0.176. The van der Waals surface area contributed by atoms with Crippen LogP contribution in [0.3, 0.4) is 0 Å². The van der Waals surface area contributed by atoms with Gasteiger partial charge in [-0.3, -0.25) is 5.32 Å². The topological polar surface area (TPSA) is 24.1 Å². The summed E-state index contributed by atoms with van der Waals surface area (Å²) in [5.41, 5.74) is 4.77. The van der Waals surface area contributed by atoms with Crippen molar-refractivity contribution in [3.05, 3.63) is 69.2 Å². The number of rotatable bonds is 1. The van der Waals surface area contributed by atoms with E-state index in [0.717, 1.165) is 12.0 Å². The van der Waals surface area contributed by atoms with Gasteiger partial charge in [0, 0.05) is 17.3 Å². The highest BCUT2D eigenvalue weighted by Crippen LogP contribution is 2.41. The molecule has 0 spiro atoms. The second kappa shape index (κ2) is 5.06. The molecule has 21 heavy (non-hydrogen) atoms. The monoisotopic (exact) mass is 316 g/mol. The molecule has 2 aromatic rings. The van der Waals surface area contributed by atoms with Gasteiger partial charge in [0.2, 0.25) is 0 Å². The third-order valence-corrected chi connectivity index (χ3v) is 4.95. The van der Waals surface area contributed by atoms with Crippen molar-refractivity contribution in [3.63, 3.8) is 0 Å². The van der Waals surface area contributed by atoms with Gasteiger partial charge in [-0.25, -0.2) is 0 Å². The third-order valence-electron chi connectivity index (χ3n) is 4.12. The standard InChI is InChI=1S/C17H14Cl2N2/c18-12-7-3-6-11(16(12)19)17-20-13-8-1-4-10-5-2-9-14(21-17)15(10)13/h1-8,14,17,20-21H,9H2. The molecule has 0 saturated heterocycles. The smallest absolute Gasteiger partial charge is 0.105 e. The number of benzene rings is 2. The summed E-state index contributed by atoms with van der Waals surface area (Å²) >= 11 is 12.5. The van der Waals surface area contributed by atoms with Crippen LogP contribution < -0.4 is 10.6 Å². The van der Waals surface area contributed by atoms with E-state index in [9.17, 15) is 0 Å². The lowest BCUT2D eigenvalue weighted by atomic mass is 9.88. The highest BCUT2D eigenvalue weighted by Gasteiger charge is 2.30. The summed E-state index contributed by atoms with van der Waals surface area (Å²) in [7, 11) is 0. The van der Waals surface area contributed by atoms with Crippen molar-refractivity contribution in [2.45, 2.75) is 18.6 Å². The summed E-state index contributed by atoms with van der Waals surface area (Å²) in [6.07, 6.45) is 5.35. The third kappa shape index (κ3) is 2.15. The summed E-state index contributed by atoms with van der Waals surface area (Å²) in [6.45, 7) is 0. The van der Waals surface area contributed by atoms with Gasteiger partial charge in [-0.05, 0) is 29.7 Å². The molecule has 2 aromatic carbocycles. The van der Waals surface area contributed by atoms with Gasteiger partial charge in [0.1, 0.15) is 6.17 Å². The number of nitrogens with one attached hydrogen (secondary N) is 2. The molecule has 2 nitrogen and oxygen atoms in total. The highest BCUT2D eigenvalue weighted by atomic mass is 35.5. The Labute approximate surface area is 133 Å². The van der Waals surface area contributed by atoms with Gasteiger partial charge in [0.15, 0.2) is 0 Å². The van der Waals surface area contributed by atoms with Gasteiger partial charge in [-0.2, -0.15) is 0 Å². The molecule has 0 amide bonds. The predicted molar refractivity (Wildman–Crippen MR) is 88.8 cm³/mol. The van der Waals surface area contributed by atoms with E-state index >= 15 is 0 Å². The van der Waals surface area contributed by atoms with Crippen LogP contribution in [0.15, 0.2) is 42.5 Å². The van der Waals surface area contributed by atoms with Gasteiger partial charge >= 0.3 is 0 Å². The molecule has 106 valence electrons. The maximum Gasteiger partial charge on any atom is 0.105 e. The lowest BCUT2D eigenvalue weighted by Crippen LogP contribution is -2.37. The molecule has 2 atom stereocenters. The van der Waals surface area contributed by atoms with Crippen LogP contribution in [0.4, 0.5) is 5.69 Å². The molecule has 1 heterocycles. The van der Waals surface area contributed by atoms with Gasteiger partial charge in [0.05, 0.1) is 10.0 Å². The number of halogens is 2. The molecule has 0 radical (unpaired) electrons. The van der Waals surface area contributed by atoms with E-state index < -0.39 is 0 Å². The average Bonchev–Trinajstić information content (AvgIpc) is 2.50. The van der Waals surface area contributed by atoms with Crippen LogP contribution in [0.2, 0.25) is 10.0 Å². The fourth-order valence-electron chi connectivity index (χ4n) is 3.15. The summed E-state index contributed by atoms with van der Waals surface area (Å²) in [4.78, 5) is 0. The van der Waals surface area contributed by atoms with E-state index in [0.29, 0.717) is 16.1 Å². The first-order valence-corrected chi connectivity index (χ1v) is 7.75. The minimum Gasteiger partial charge on any atom is -0.366 e. The Morgan fingerprint density at radius 3 is 2.81 bits per heavy atom. The van der Waals surface area contributed by atoms with Crippen molar-refractivity contribution in [2.24, 2.45) is 0 Å². The quantitative estimate of drug-likeness (QED) is 0.758. The number of anilines is 1. The first-order chi connectivity index (χ1) is 10.2. The maximum absolute atomic E-state index is 6.36. The predicted octanol–water partition coefficient (Wildman–Crippen LogP) is 5.17. The van der Waals surface area contributed by atoms with Crippen molar-refractivity contribution in [2.75, 3.05) is 5.32 Å². The zero-order valence-electron chi connectivity index (χ0n) is 11.2. The lowest BCUT2D eigenvalue weighted by Gasteiger charge is -2.37. The zero-order valence-corrected chi connectivity index (χ0v) is 12.7. The van der Waals surface area contributed by atoms with E-state index in [1.165, 1.54) is 16.8 Å². The Hall–Kier alpha value is -1.48. The fourth-order valence-corrected chi connectivity index (χ4v) is 3.57. The van der Waals surface area contributed by atoms with Crippen molar-refractivity contribution >= 4 is 35.0 Å². The van der Waals surface area contributed by atoms with E-state index in [1.54, 1.807) is 0 Å². The largest absolute Gasteiger partial charge is 0.366 e. The van der Waals surface area contributed by atoms with Crippen molar-refractivity contribution in [1.29, 1.82) is 0 Å². The first kappa shape index (κ1) is 13.2. The molecule has 2 unspecified atom stereocenters. The van der Waals surface area contributed by atoms with Crippen molar-refractivity contribution in [3.8, 4) is 0 Å². The van der Waals surface area contributed by atoms with Crippen LogP contribution in [0.1, 0.15) is 35.3 Å². The van der Waals surface area contributed by atoms with Crippen molar-refractivity contribution < 1.29 is 0 Å². The molecule has 1 aliphatic heterocycles. The van der Waals surface area contributed by atoms with Gasteiger partial charge in [-0.15, -0.1) is 0 Å². The molecule has 0 aromatic heterocycles. The lowest BCUT2D eigenvalue weighted by molar-refractivity contribution is 0.457. The Balaban J connectivity index is 1.78. The SMILES string of the molecule is Clc1cccc(C2Nc3cccc4c3C(CC=C4)N2)c1Cl. The van der Waals surface area contributed by atoms with Gasteiger partial charge in [-0.1, -0.05) is 59.6 Å². The van der Waals surface area contributed by atoms with E-state index in [1.807, 2.05) is 18.2 Å². The van der Waals surface area contributed by atoms with Crippen LogP contribution >= 0.6 is 23.2 Å². The van der Waals surface area contributed by atoms with E-state index in [4.69, 9.17) is 23.2 Å². The number of hydrogen-bond acceptors (Lipinski definition) is 2. The molecule has 2 N–H and O–H groups in total. The molecule has 1 aliphatic carbocycles. The van der Waals surface area contributed by atoms with E-state index in [-0.39, 0.29) is 6.17 Å². The molecule has 4 heteroatoms. The van der Waals surface area contributed by atoms with Crippen LogP contribution in [0, 0.1) is 0 Å². The Kier molecular flexibility index (Phi) is 3.18. The Morgan fingerprint density at radius 1 is 1.05 bits per heavy atom. The van der Waals surface area contributed by atoms with Gasteiger partial charge < -0.3 is 5.32 Å². The molecule has 0 bridgehead atoms. The minimum absolute atomic E-state index is 0.0320. The Morgan fingerprint density at radius 2 is 1.90 bits per heavy atom. The Bertz CT molecular complexity index is 740. The first-order valence-electron chi connectivity index (χ1n) is 7.00. The normalized spacial score (nSPS) is 22.6. The number of hydrogen-bond donors (Lipinski definition) is 2. The molecule has 0 saturated carbocycles.